The highest BCUT2D eigenvalue weighted by molar-refractivity contribution is 6.05. The maximum absolute atomic E-state index is 12.8. The first-order valence-electron chi connectivity index (χ1n) is 11.4. The zero-order chi connectivity index (χ0) is 27.1. The molecule has 196 valence electrons. The number of benzene rings is 1. The van der Waals surface area contributed by atoms with Crippen molar-refractivity contribution in [1.29, 1.82) is 0 Å². The van der Waals surface area contributed by atoms with Gasteiger partial charge in [0.05, 0.1) is 35.3 Å². The van der Waals surface area contributed by atoms with Gasteiger partial charge in [0.25, 0.3) is 5.91 Å². The first kappa shape index (κ1) is 26.1. The Hall–Kier alpha value is -4.00. The lowest BCUT2D eigenvalue weighted by Gasteiger charge is -2.14. The van der Waals surface area contributed by atoms with E-state index in [9.17, 15) is 18.0 Å². The Balaban J connectivity index is 0.000000405. The predicted octanol–water partition coefficient (Wildman–Crippen LogP) is 3.87. The highest BCUT2D eigenvalue weighted by Gasteiger charge is 2.38. The van der Waals surface area contributed by atoms with Gasteiger partial charge in [0.15, 0.2) is 5.65 Å². The largest absolute Gasteiger partial charge is 0.490 e. The number of imidazole rings is 1. The van der Waals surface area contributed by atoms with Gasteiger partial charge in [-0.1, -0.05) is 19.9 Å². The average molecular weight is 518 g/mol. The number of aliphatic carboxylic acids is 1. The molecule has 1 aromatic carbocycles. The lowest BCUT2D eigenvalue weighted by molar-refractivity contribution is -0.192. The molecule has 1 fully saturated rings. The minimum Gasteiger partial charge on any atom is -0.475 e. The maximum Gasteiger partial charge on any atom is 0.490 e. The molecular formula is C24H26F3N7O3. The van der Waals surface area contributed by atoms with Crippen molar-refractivity contribution in [3.8, 4) is 0 Å². The van der Waals surface area contributed by atoms with E-state index in [0.29, 0.717) is 11.4 Å². The van der Waals surface area contributed by atoms with E-state index in [1.165, 1.54) is 0 Å². The highest BCUT2D eigenvalue weighted by atomic mass is 19.4. The number of anilines is 1. The molecule has 3 N–H and O–H groups in total. The lowest BCUT2D eigenvalue weighted by atomic mass is 9.90. The van der Waals surface area contributed by atoms with Gasteiger partial charge in [0.2, 0.25) is 0 Å². The molecule has 4 aromatic rings. The third kappa shape index (κ3) is 5.71. The number of halogens is 3. The summed E-state index contributed by atoms with van der Waals surface area (Å²) in [6.45, 7) is 7.46. The number of hydrogen-bond donors (Lipinski definition) is 3. The number of carboxylic acids is 1. The van der Waals surface area contributed by atoms with Crippen molar-refractivity contribution in [1.82, 2.24) is 29.5 Å². The number of hydrogen-bond acceptors (Lipinski definition) is 6. The van der Waals surface area contributed by atoms with Crippen LogP contribution in [0.4, 0.5) is 19.0 Å². The number of nitrogens with zero attached hydrogens (tertiary/aromatic N) is 5. The third-order valence-corrected chi connectivity index (χ3v) is 6.08. The number of alkyl halides is 3. The minimum atomic E-state index is -5.08. The van der Waals surface area contributed by atoms with E-state index in [-0.39, 0.29) is 17.4 Å². The molecule has 0 bridgehead atoms. The zero-order valence-corrected chi connectivity index (χ0v) is 20.6. The molecule has 1 amide bonds. The van der Waals surface area contributed by atoms with E-state index in [1.54, 1.807) is 17.1 Å². The number of aryl methyl sites for hydroxylation is 2. The maximum atomic E-state index is 12.8. The van der Waals surface area contributed by atoms with E-state index in [1.807, 2.05) is 42.8 Å². The summed E-state index contributed by atoms with van der Waals surface area (Å²) in [5.74, 6) is -2.48. The molecular weight excluding hydrogens is 491 g/mol. The number of carbonyl (C=O) groups excluding carboxylic acids is 1. The van der Waals surface area contributed by atoms with E-state index < -0.39 is 12.1 Å². The normalized spacial score (nSPS) is 17.0. The molecule has 37 heavy (non-hydrogen) atoms. The van der Waals surface area contributed by atoms with Gasteiger partial charge >= 0.3 is 12.1 Å². The molecule has 1 atom stereocenters. The fraction of sp³-hybridized carbons (Fsp3) is 0.375. The van der Waals surface area contributed by atoms with Crippen LogP contribution in [0.2, 0.25) is 0 Å². The summed E-state index contributed by atoms with van der Waals surface area (Å²) in [5, 5.41) is 19.0. The molecule has 1 aliphatic heterocycles. The van der Waals surface area contributed by atoms with Crippen molar-refractivity contribution in [3.05, 3.63) is 53.7 Å². The highest BCUT2D eigenvalue weighted by Crippen LogP contribution is 2.35. The van der Waals surface area contributed by atoms with Crippen molar-refractivity contribution >= 4 is 34.2 Å². The molecule has 1 aliphatic rings. The minimum absolute atomic E-state index is 0.206. The molecule has 0 unspecified atom stereocenters. The number of amides is 1. The van der Waals surface area contributed by atoms with E-state index in [2.05, 4.69) is 34.6 Å². The number of carboxylic acid groups (broad SMARTS) is 1. The third-order valence-electron chi connectivity index (χ3n) is 6.08. The summed E-state index contributed by atoms with van der Waals surface area (Å²) in [5.41, 5.74) is 4.48. The van der Waals surface area contributed by atoms with Crippen LogP contribution in [0.25, 0.3) is 16.6 Å². The Labute approximate surface area is 209 Å². The van der Waals surface area contributed by atoms with Gasteiger partial charge in [0, 0.05) is 30.7 Å². The number of aromatic nitrogens is 5. The van der Waals surface area contributed by atoms with Crippen molar-refractivity contribution in [2.75, 3.05) is 11.9 Å². The predicted molar refractivity (Wildman–Crippen MR) is 129 cm³/mol. The molecule has 4 heterocycles. The van der Waals surface area contributed by atoms with Gasteiger partial charge in [-0.25, -0.2) is 14.8 Å². The van der Waals surface area contributed by atoms with Crippen molar-refractivity contribution in [2.45, 2.75) is 39.4 Å². The second-order valence-corrected chi connectivity index (χ2v) is 9.70. The zero-order valence-electron chi connectivity index (χ0n) is 20.6. The van der Waals surface area contributed by atoms with Crippen LogP contribution in [-0.4, -0.2) is 53.9 Å². The molecule has 0 spiro atoms. The van der Waals surface area contributed by atoms with Gasteiger partial charge < -0.3 is 20.1 Å². The van der Waals surface area contributed by atoms with E-state index in [4.69, 9.17) is 14.9 Å². The van der Waals surface area contributed by atoms with Crippen LogP contribution in [0.5, 0.6) is 0 Å². The molecule has 0 saturated carbocycles. The van der Waals surface area contributed by atoms with Crippen LogP contribution in [0.15, 0.2) is 36.8 Å². The van der Waals surface area contributed by atoms with E-state index in [0.717, 1.165) is 40.9 Å². The van der Waals surface area contributed by atoms with E-state index >= 15 is 0 Å². The summed E-state index contributed by atoms with van der Waals surface area (Å²) in [6.07, 6.45) is 1.46. The molecule has 0 radical (unpaired) electrons. The van der Waals surface area contributed by atoms with Gasteiger partial charge in [-0.15, -0.1) is 0 Å². The molecule has 0 aliphatic carbocycles. The van der Waals surface area contributed by atoms with Crippen molar-refractivity contribution < 1.29 is 27.9 Å². The second kappa shape index (κ2) is 9.47. The molecule has 10 nitrogen and oxygen atoms in total. The summed E-state index contributed by atoms with van der Waals surface area (Å²) >= 11 is 0. The molecule has 13 heteroatoms. The fourth-order valence-corrected chi connectivity index (χ4v) is 4.22. The Morgan fingerprint density at radius 3 is 2.57 bits per heavy atom. The standard InChI is InChI=1S/C22H25N7O.C2HF3O2/c1-13-15-6-5-14(7-18(15)28(4)27-13)21(30)26-19-11-29-10-17(25-20(29)9-23-19)16-8-22(2,3)12-24-16;3-2(4,5)1(6)7/h5-7,9-11,16,24H,8,12H2,1-4H3,(H,26,30);(H,6,7)/t16-;/m1./s1. The summed E-state index contributed by atoms with van der Waals surface area (Å²) in [4.78, 5) is 30.8. The average Bonchev–Trinajstić information content (AvgIpc) is 3.48. The monoisotopic (exact) mass is 517 g/mol. The van der Waals surface area contributed by atoms with Crippen LogP contribution in [-0.2, 0) is 11.8 Å². The second-order valence-electron chi connectivity index (χ2n) is 9.70. The van der Waals surface area contributed by atoms with Crippen LogP contribution in [0, 0.1) is 12.3 Å². The fourth-order valence-electron chi connectivity index (χ4n) is 4.22. The van der Waals surface area contributed by atoms with Crippen LogP contribution in [0.1, 0.15) is 48.1 Å². The van der Waals surface area contributed by atoms with Crippen molar-refractivity contribution in [3.63, 3.8) is 0 Å². The Kier molecular flexibility index (Phi) is 6.67. The van der Waals surface area contributed by atoms with Gasteiger partial charge in [-0.3, -0.25) is 9.48 Å². The topological polar surface area (TPSA) is 126 Å². The number of rotatable bonds is 3. The smallest absolute Gasteiger partial charge is 0.475 e. The van der Waals surface area contributed by atoms with Crippen LogP contribution in [0.3, 0.4) is 0 Å². The lowest BCUT2D eigenvalue weighted by Crippen LogP contribution is -2.21. The Morgan fingerprint density at radius 1 is 1.24 bits per heavy atom. The quantitative estimate of drug-likeness (QED) is 0.377. The molecule has 1 saturated heterocycles. The summed E-state index contributed by atoms with van der Waals surface area (Å²) in [6, 6.07) is 5.84. The van der Waals surface area contributed by atoms with Crippen LogP contribution < -0.4 is 10.6 Å². The Morgan fingerprint density at radius 2 is 1.95 bits per heavy atom. The summed E-state index contributed by atoms with van der Waals surface area (Å²) < 4.78 is 35.4. The summed E-state index contributed by atoms with van der Waals surface area (Å²) in [7, 11) is 1.88. The van der Waals surface area contributed by atoms with Gasteiger partial charge in [-0.05, 0) is 30.9 Å². The number of nitrogens with one attached hydrogen (secondary N) is 2. The number of fused-ring (bicyclic) bond motifs is 2. The Bertz CT molecular complexity index is 1490. The number of carbonyl (C=O) groups is 2. The van der Waals surface area contributed by atoms with Crippen LogP contribution >= 0.6 is 0 Å². The first-order chi connectivity index (χ1) is 17.2. The first-order valence-corrected chi connectivity index (χ1v) is 11.4. The van der Waals surface area contributed by atoms with Crippen molar-refractivity contribution in [2.24, 2.45) is 12.5 Å². The molecule has 3 aromatic heterocycles. The SMILES string of the molecule is Cc1nn(C)c2cc(C(=O)Nc3cn4cc([C@H]5CC(C)(C)CN5)nc4cn3)ccc12.O=C(O)C(F)(F)F. The van der Waals surface area contributed by atoms with Gasteiger partial charge in [0.1, 0.15) is 5.82 Å². The van der Waals surface area contributed by atoms with Gasteiger partial charge in [-0.2, -0.15) is 18.3 Å². The molecule has 5 rings (SSSR count).